The highest BCUT2D eigenvalue weighted by atomic mass is 32.1. The van der Waals surface area contributed by atoms with Gasteiger partial charge in [-0.15, -0.1) is 11.3 Å². The molecule has 2 rings (SSSR count). The van der Waals surface area contributed by atoms with Crippen LogP contribution < -0.4 is 0 Å². The number of aromatic nitrogens is 1. The van der Waals surface area contributed by atoms with E-state index in [1.807, 2.05) is 11.4 Å². The molecule has 0 fully saturated rings. The third-order valence-electron chi connectivity index (χ3n) is 2.55. The van der Waals surface area contributed by atoms with E-state index in [0.717, 1.165) is 10.4 Å². The number of nitrogens with zero attached hydrogens (tertiary/aromatic N) is 2. The Hall–Kier alpha value is -2.10. The van der Waals surface area contributed by atoms with E-state index in [0.29, 0.717) is 12.2 Å². The van der Waals surface area contributed by atoms with Crippen molar-refractivity contribution in [3.63, 3.8) is 0 Å². The van der Waals surface area contributed by atoms with Gasteiger partial charge >= 0.3 is 0 Å². The molecule has 2 aromatic heterocycles. The fourth-order valence-electron chi connectivity index (χ4n) is 1.65. The summed E-state index contributed by atoms with van der Waals surface area (Å²) in [6, 6.07) is 3.52. The first-order chi connectivity index (χ1) is 9.60. The number of rotatable bonds is 3. The number of hydrogen-bond acceptors (Lipinski definition) is 5. The number of hydrogen-bond donors (Lipinski definition) is 1. The van der Waals surface area contributed by atoms with E-state index >= 15 is 0 Å². The fourth-order valence-corrected chi connectivity index (χ4v) is 2.42. The van der Waals surface area contributed by atoms with Crippen molar-refractivity contribution in [3.8, 4) is 11.8 Å². The second-order valence-corrected chi connectivity index (χ2v) is 5.18. The molecule has 0 aliphatic carbocycles. The SMILES string of the molecule is Cc1cc(C(=O)N(C)Cc2csc(C#CCO)c2)on1. The van der Waals surface area contributed by atoms with Crippen LogP contribution in [0.15, 0.2) is 22.0 Å². The van der Waals surface area contributed by atoms with Gasteiger partial charge in [-0.2, -0.15) is 0 Å². The molecule has 0 aromatic carbocycles. The summed E-state index contributed by atoms with van der Waals surface area (Å²) in [6.07, 6.45) is 0. The number of amides is 1. The minimum atomic E-state index is -0.209. The van der Waals surface area contributed by atoms with Crippen LogP contribution in [0.2, 0.25) is 0 Å². The molecule has 0 atom stereocenters. The molecule has 0 unspecified atom stereocenters. The van der Waals surface area contributed by atoms with E-state index < -0.39 is 0 Å². The highest BCUT2D eigenvalue weighted by Crippen LogP contribution is 2.16. The Kier molecular flexibility index (Phi) is 4.56. The Morgan fingerprint density at radius 2 is 2.35 bits per heavy atom. The molecule has 0 bridgehead atoms. The fraction of sp³-hybridized carbons (Fsp3) is 0.286. The van der Waals surface area contributed by atoms with Gasteiger partial charge in [-0.3, -0.25) is 4.79 Å². The lowest BCUT2D eigenvalue weighted by Crippen LogP contribution is -2.25. The van der Waals surface area contributed by atoms with Crippen molar-refractivity contribution in [2.75, 3.05) is 13.7 Å². The molecule has 0 aliphatic heterocycles. The largest absolute Gasteiger partial charge is 0.384 e. The topological polar surface area (TPSA) is 66.6 Å². The van der Waals surface area contributed by atoms with Crippen LogP contribution >= 0.6 is 11.3 Å². The van der Waals surface area contributed by atoms with Crippen LogP contribution in [0.1, 0.15) is 26.7 Å². The van der Waals surface area contributed by atoms with Crippen molar-refractivity contribution < 1.29 is 14.4 Å². The van der Waals surface area contributed by atoms with E-state index in [4.69, 9.17) is 9.63 Å². The number of aliphatic hydroxyl groups is 1. The molecule has 0 spiro atoms. The van der Waals surface area contributed by atoms with Crippen molar-refractivity contribution in [2.45, 2.75) is 13.5 Å². The predicted octanol–water partition coefficient (Wildman–Crippen LogP) is 1.66. The molecule has 0 saturated heterocycles. The molecule has 5 nitrogen and oxygen atoms in total. The van der Waals surface area contributed by atoms with Gasteiger partial charge in [0.15, 0.2) is 0 Å². The third kappa shape index (κ3) is 3.47. The van der Waals surface area contributed by atoms with Crippen molar-refractivity contribution in [1.29, 1.82) is 0 Å². The summed E-state index contributed by atoms with van der Waals surface area (Å²) in [5, 5.41) is 14.3. The standard InChI is InChI=1S/C14H14N2O3S/c1-10-6-13(19-15-10)14(18)16(2)8-11-7-12(20-9-11)4-3-5-17/h6-7,9,17H,5,8H2,1-2H3. The number of aliphatic hydroxyl groups excluding tert-OH is 1. The van der Waals surface area contributed by atoms with Gasteiger partial charge in [0.25, 0.3) is 5.91 Å². The number of carbonyl (C=O) groups excluding carboxylic acids is 1. The maximum Gasteiger partial charge on any atom is 0.292 e. The van der Waals surface area contributed by atoms with Crippen LogP contribution in [-0.2, 0) is 6.54 Å². The average molecular weight is 290 g/mol. The molecule has 0 saturated carbocycles. The van der Waals surface area contributed by atoms with Gasteiger partial charge in [-0.25, -0.2) is 0 Å². The van der Waals surface area contributed by atoms with E-state index in [1.54, 1.807) is 24.9 Å². The Morgan fingerprint density at radius 1 is 1.55 bits per heavy atom. The van der Waals surface area contributed by atoms with Crippen LogP contribution in [0.3, 0.4) is 0 Å². The Balaban J connectivity index is 2.02. The predicted molar refractivity (Wildman–Crippen MR) is 75.3 cm³/mol. The molecule has 1 amide bonds. The minimum Gasteiger partial charge on any atom is -0.384 e. The molecule has 2 aromatic rings. The average Bonchev–Trinajstić information content (AvgIpc) is 3.04. The van der Waals surface area contributed by atoms with Gasteiger partial charge in [0, 0.05) is 19.7 Å². The smallest absolute Gasteiger partial charge is 0.292 e. The number of carbonyl (C=O) groups is 1. The van der Waals surface area contributed by atoms with Gasteiger partial charge in [0.2, 0.25) is 5.76 Å². The van der Waals surface area contributed by atoms with Gasteiger partial charge in [0.1, 0.15) is 6.61 Å². The lowest BCUT2D eigenvalue weighted by molar-refractivity contribution is 0.0743. The lowest BCUT2D eigenvalue weighted by Gasteiger charge is -2.13. The summed E-state index contributed by atoms with van der Waals surface area (Å²) >= 11 is 1.48. The molecular weight excluding hydrogens is 276 g/mol. The Morgan fingerprint density at radius 3 is 3.00 bits per heavy atom. The molecule has 0 aliphatic rings. The molecular formula is C14H14N2O3S. The van der Waals surface area contributed by atoms with Crippen molar-refractivity contribution in [2.24, 2.45) is 0 Å². The van der Waals surface area contributed by atoms with Crippen molar-refractivity contribution >= 4 is 17.2 Å². The van der Waals surface area contributed by atoms with E-state index in [1.165, 1.54) is 11.3 Å². The quantitative estimate of drug-likeness (QED) is 0.873. The zero-order chi connectivity index (χ0) is 14.5. The maximum absolute atomic E-state index is 12.1. The summed E-state index contributed by atoms with van der Waals surface area (Å²) < 4.78 is 4.95. The van der Waals surface area contributed by atoms with Crippen molar-refractivity contribution in [3.05, 3.63) is 39.4 Å². The zero-order valence-corrected chi connectivity index (χ0v) is 12.0. The molecule has 20 heavy (non-hydrogen) atoms. The van der Waals surface area contributed by atoms with Crippen LogP contribution in [0.25, 0.3) is 0 Å². The monoisotopic (exact) mass is 290 g/mol. The maximum atomic E-state index is 12.1. The van der Waals surface area contributed by atoms with Crippen molar-refractivity contribution in [1.82, 2.24) is 10.1 Å². The lowest BCUT2D eigenvalue weighted by atomic mass is 10.2. The molecule has 1 N–H and O–H groups in total. The van der Waals surface area contributed by atoms with Crippen LogP contribution in [0.5, 0.6) is 0 Å². The summed E-state index contributed by atoms with van der Waals surface area (Å²) in [6.45, 7) is 2.08. The Labute approximate surface area is 120 Å². The van der Waals surface area contributed by atoms with Gasteiger partial charge in [-0.1, -0.05) is 17.0 Å². The minimum absolute atomic E-state index is 0.156. The summed E-state index contributed by atoms with van der Waals surface area (Å²) in [4.78, 5) is 14.5. The molecule has 2 heterocycles. The highest BCUT2D eigenvalue weighted by Gasteiger charge is 2.17. The molecule has 104 valence electrons. The second kappa shape index (κ2) is 6.37. The normalized spacial score (nSPS) is 9.95. The Bertz CT molecular complexity index is 663. The highest BCUT2D eigenvalue weighted by molar-refractivity contribution is 7.10. The zero-order valence-electron chi connectivity index (χ0n) is 11.2. The van der Waals surface area contributed by atoms with Gasteiger partial charge < -0.3 is 14.5 Å². The van der Waals surface area contributed by atoms with Gasteiger partial charge in [-0.05, 0) is 23.9 Å². The first kappa shape index (κ1) is 14.3. The second-order valence-electron chi connectivity index (χ2n) is 4.27. The van der Waals surface area contributed by atoms with Crippen LogP contribution in [0, 0.1) is 18.8 Å². The van der Waals surface area contributed by atoms with Gasteiger partial charge in [0.05, 0.1) is 10.6 Å². The van der Waals surface area contributed by atoms with E-state index in [-0.39, 0.29) is 18.3 Å². The molecule has 0 radical (unpaired) electrons. The first-order valence-electron chi connectivity index (χ1n) is 5.96. The first-order valence-corrected chi connectivity index (χ1v) is 6.84. The molecule has 6 heteroatoms. The summed E-state index contributed by atoms with van der Waals surface area (Å²) in [5.74, 6) is 5.46. The van der Waals surface area contributed by atoms with Crippen LogP contribution in [-0.4, -0.2) is 34.7 Å². The summed E-state index contributed by atoms with van der Waals surface area (Å²) in [5.41, 5.74) is 1.67. The number of aryl methyl sites for hydroxylation is 1. The third-order valence-corrected chi connectivity index (χ3v) is 3.44. The van der Waals surface area contributed by atoms with E-state index in [2.05, 4.69) is 17.0 Å². The number of thiophene rings is 1. The van der Waals surface area contributed by atoms with Crippen LogP contribution in [0.4, 0.5) is 0 Å². The summed E-state index contributed by atoms with van der Waals surface area (Å²) in [7, 11) is 1.71. The van der Waals surface area contributed by atoms with E-state index in [9.17, 15) is 4.79 Å².